The Morgan fingerprint density at radius 2 is 2.25 bits per heavy atom. The summed E-state index contributed by atoms with van der Waals surface area (Å²) in [7, 11) is 1.65. The van der Waals surface area contributed by atoms with E-state index in [0.717, 1.165) is 6.07 Å². The maximum Gasteiger partial charge on any atom is 0.230 e. The molecule has 1 aliphatic heterocycles. The predicted octanol–water partition coefficient (Wildman–Crippen LogP) is 1.30. The van der Waals surface area contributed by atoms with E-state index in [1.807, 2.05) is 6.07 Å². The molecule has 2 amide bonds. The van der Waals surface area contributed by atoms with Crippen LogP contribution in [0.25, 0.3) is 5.69 Å². The average Bonchev–Trinajstić information content (AvgIpc) is 3.14. The highest BCUT2D eigenvalue weighted by Crippen LogP contribution is 2.19. The van der Waals surface area contributed by atoms with Gasteiger partial charge in [0.05, 0.1) is 17.6 Å². The van der Waals surface area contributed by atoms with Crippen LogP contribution >= 0.6 is 0 Å². The van der Waals surface area contributed by atoms with Gasteiger partial charge in [-0.15, -0.1) is 5.10 Å². The van der Waals surface area contributed by atoms with Crippen LogP contribution in [-0.4, -0.2) is 40.1 Å². The minimum absolute atomic E-state index is 0.0691. The van der Waals surface area contributed by atoms with E-state index in [0.29, 0.717) is 6.54 Å². The van der Waals surface area contributed by atoms with Crippen LogP contribution in [0.4, 0.5) is 10.2 Å². The van der Waals surface area contributed by atoms with Gasteiger partial charge >= 0.3 is 0 Å². The first-order valence-electron chi connectivity index (χ1n) is 7.28. The summed E-state index contributed by atoms with van der Waals surface area (Å²) in [5.41, 5.74) is 0.386. The van der Waals surface area contributed by atoms with Crippen molar-refractivity contribution in [3.63, 3.8) is 0 Å². The number of amides is 2. The van der Waals surface area contributed by atoms with E-state index in [4.69, 9.17) is 5.26 Å². The summed E-state index contributed by atoms with van der Waals surface area (Å²) in [5, 5.41) is 15.5. The fraction of sp³-hybridized carbons (Fsp3) is 0.250. The van der Waals surface area contributed by atoms with E-state index >= 15 is 0 Å². The molecule has 0 radical (unpaired) electrons. The lowest BCUT2D eigenvalue weighted by Crippen LogP contribution is -2.25. The van der Waals surface area contributed by atoms with E-state index in [1.165, 1.54) is 34.0 Å². The van der Waals surface area contributed by atoms with Crippen molar-refractivity contribution >= 4 is 17.6 Å². The van der Waals surface area contributed by atoms with Crippen molar-refractivity contribution in [2.75, 3.05) is 18.9 Å². The van der Waals surface area contributed by atoms with E-state index in [9.17, 15) is 14.0 Å². The van der Waals surface area contributed by atoms with Gasteiger partial charge in [0.2, 0.25) is 11.8 Å². The van der Waals surface area contributed by atoms with Crippen molar-refractivity contribution in [3.05, 3.63) is 41.8 Å². The molecule has 24 heavy (non-hydrogen) atoms. The number of rotatable bonds is 3. The van der Waals surface area contributed by atoms with Gasteiger partial charge in [0.25, 0.3) is 0 Å². The molecule has 0 aliphatic carbocycles. The van der Waals surface area contributed by atoms with Crippen molar-refractivity contribution in [1.82, 2.24) is 14.7 Å². The largest absolute Gasteiger partial charge is 0.345 e. The van der Waals surface area contributed by atoms with E-state index in [1.54, 1.807) is 7.05 Å². The van der Waals surface area contributed by atoms with Crippen LogP contribution in [0.2, 0.25) is 0 Å². The minimum Gasteiger partial charge on any atom is -0.345 e. The van der Waals surface area contributed by atoms with Gasteiger partial charge in [-0.25, -0.2) is 9.07 Å². The SMILES string of the molecule is CN1CC(C(=O)Nc2ccn(-c3ccc(C#N)cc3F)n2)CC1=O. The summed E-state index contributed by atoms with van der Waals surface area (Å²) in [4.78, 5) is 25.1. The molecule has 1 atom stereocenters. The first-order chi connectivity index (χ1) is 11.5. The molecule has 8 heteroatoms. The summed E-state index contributed by atoms with van der Waals surface area (Å²) in [5.74, 6) is -1.10. The molecule has 1 saturated heterocycles. The number of hydrogen-bond donors (Lipinski definition) is 1. The zero-order chi connectivity index (χ0) is 17.3. The Hall–Kier alpha value is -3.21. The minimum atomic E-state index is -0.585. The molecule has 1 aromatic carbocycles. The van der Waals surface area contributed by atoms with Gasteiger partial charge in [-0.1, -0.05) is 0 Å². The van der Waals surface area contributed by atoms with Crippen LogP contribution in [0.5, 0.6) is 0 Å². The van der Waals surface area contributed by atoms with Gasteiger partial charge < -0.3 is 10.2 Å². The second-order valence-corrected chi connectivity index (χ2v) is 5.59. The van der Waals surface area contributed by atoms with Crippen LogP contribution in [0.1, 0.15) is 12.0 Å². The third kappa shape index (κ3) is 2.96. The van der Waals surface area contributed by atoms with Crippen molar-refractivity contribution in [2.24, 2.45) is 5.92 Å². The van der Waals surface area contributed by atoms with Crippen LogP contribution in [0.3, 0.4) is 0 Å². The van der Waals surface area contributed by atoms with Crippen LogP contribution in [0.15, 0.2) is 30.5 Å². The number of nitriles is 1. The smallest absolute Gasteiger partial charge is 0.230 e. The molecular weight excluding hydrogens is 313 g/mol. The van der Waals surface area contributed by atoms with E-state index in [2.05, 4.69) is 10.4 Å². The summed E-state index contributed by atoms with van der Waals surface area (Å²) in [6.07, 6.45) is 1.68. The van der Waals surface area contributed by atoms with Gasteiger partial charge in [0.1, 0.15) is 11.5 Å². The molecule has 7 nitrogen and oxygen atoms in total. The number of carbonyl (C=O) groups excluding carboxylic acids is 2. The van der Waals surface area contributed by atoms with Crippen molar-refractivity contribution in [2.45, 2.75) is 6.42 Å². The van der Waals surface area contributed by atoms with Crippen molar-refractivity contribution < 1.29 is 14.0 Å². The fourth-order valence-electron chi connectivity index (χ4n) is 2.55. The number of nitrogens with one attached hydrogen (secondary N) is 1. The molecule has 1 fully saturated rings. The maximum atomic E-state index is 14.0. The second kappa shape index (κ2) is 6.12. The van der Waals surface area contributed by atoms with Gasteiger partial charge in [-0.3, -0.25) is 9.59 Å². The third-order valence-corrected chi connectivity index (χ3v) is 3.88. The molecule has 2 aromatic rings. The zero-order valence-electron chi connectivity index (χ0n) is 12.9. The number of nitrogens with zero attached hydrogens (tertiary/aromatic N) is 4. The maximum absolute atomic E-state index is 14.0. The molecule has 1 aromatic heterocycles. The lowest BCUT2D eigenvalue weighted by Gasteiger charge is -2.09. The Morgan fingerprint density at radius 1 is 1.46 bits per heavy atom. The summed E-state index contributed by atoms with van der Waals surface area (Å²) in [6, 6.07) is 7.44. The highest BCUT2D eigenvalue weighted by molar-refractivity contribution is 5.96. The van der Waals surface area contributed by atoms with E-state index < -0.39 is 11.7 Å². The Balaban J connectivity index is 1.73. The average molecular weight is 327 g/mol. The number of likely N-dealkylation sites (tertiary alicyclic amines) is 1. The van der Waals surface area contributed by atoms with Crippen LogP contribution < -0.4 is 5.32 Å². The standard InChI is InChI=1S/C16H14FN5O2/c1-21-9-11(7-15(21)23)16(24)19-14-4-5-22(20-14)13-3-2-10(8-18)6-12(13)17/h2-6,11H,7,9H2,1H3,(H,19,20,24). The number of halogens is 1. The van der Waals surface area contributed by atoms with E-state index in [-0.39, 0.29) is 35.3 Å². The molecule has 1 unspecified atom stereocenters. The topological polar surface area (TPSA) is 91.0 Å². The number of hydrogen-bond acceptors (Lipinski definition) is 4. The molecular formula is C16H14FN5O2. The lowest BCUT2D eigenvalue weighted by molar-refractivity contribution is -0.127. The highest BCUT2D eigenvalue weighted by Gasteiger charge is 2.32. The molecule has 0 spiro atoms. The summed E-state index contributed by atoms with van der Waals surface area (Å²) < 4.78 is 15.3. The van der Waals surface area contributed by atoms with Crippen LogP contribution in [0, 0.1) is 23.1 Å². The lowest BCUT2D eigenvalue weighted by atomic mass is 10.1. The quantitative estimate of drug-likeness (QED) is 0.920. The van der Waals surface area contributed by atoms with Crippen molar-refractivity contribution in [3.8, 4) is 11.8 Å². The summed E-state index contributed by atoms with van der Waals surface area (Å²) in [6.45, 7) is 0.371. The molecule has 122 valence electrons. The zero-order valence-corrected chi connectivity index (χ0v) is 12.9. The molecule has 1 N–H and O–H groups in total. The van der Waals surface area contributed by atoms with Crippen molar-refractivity contribution in [1.29, 1.82) is 5.26 Å². The first kappa shape index (κ1) is 15.7. The van der Waals surface area contributed by atoms with Gasteiger partial charge in [0.15, 0.2) is 5.82 Å². The predicted molar refractivity (Wildman–Crippen MR) is 82.6 cm³/mol. The molecule has 0 saturated carbocycles. The number of anilines is 1. The van der Waals surface area contributed by atoms with Gasteiger partial charge in [0, 0.05) is 32.3 Å². The Labute approximate surface area is 137 Å². The molecule has 0 bridgehead atoms. The summed E-state index contributed by atoms with van der Waals surface area (Å²) >= 11 is 0. The Kier molecular flexibility index (Phi) is 4.00. The monoisotopic (exact) mass is 327 g/mol. The second-order valence-electron chi connectivity index (χ2n) is 5.59. The third-order valence-electron chi connectivity index (χ3n) is 3.88. The van der Waals surface area contributed by atoms with Crippen LogP contribution in [-0.2, 0) is 9.59 Å². The first-order valence-corrected chi connectivity index (χ1v) is 7.28. The molecule has 3 rings (SSSR count). The highest BCUT2D eigenvalue weighted by atomic mass is 19.1. The number of benzene rings is 1. The Bertz CT molecular complexity index is 854. The molecule has 2 heterocycles. The normalized spacial score (nSPS) is 17.0. The Morgan fingerprint density at radius 3 is 2.88 bits per heavy atom. The number of carbonyl (C=O) groups is 2. The van der Waals surface area contributed by atoms with Gasteiger partial charge in [-0.05, 0) is 18.2 Å². The number of aromatic nitrogens is 2. The van der Waals surface area contributed by atoms with Gasteiger partial charge in [-0.2, -0.15) is 5.26 Å². The molecule has 1 aliphatic rings. The fourth-order valence-corrected chi connectivity index (χ4v) is 2.55.